The lowest BCUT2D eigenvalue weighted by Crippen LogP contribution is -2.31. The Bertz CT molecular complexity index is 617. The van der Waals surface area contributed by atoms with Gasteiger partial charge >= 0.3 is 5.97 Å². The predicted octanol–water partition coefficient (Wildman–Crippen LogP) is 4.04. The molecule has 1 heterocycles. The molecular formula is C16H20N2O2S. The van der Waals surface area contributed by atoms with E-state index in [0.717, 1.165) is 16.5 Å². The number of hydrogen-bond donors (Lipinski definition) is 1. The van der Waals surface area contributed by atoms with Gasteiger partial charge in [-0.25, -0.2) is 4.98 Å². The van der Waals surface area contributed by atoms with Gasteiger partial charge in [0.1, 0.15) is 5.41 Å². The fourth-order valence-electron chi connectivity index (χ4n) is 1.79. The van der Waals surface area contributed by atoms with E-state index >= 15 is 0 Å². The van der Waals surface area contributed by atoms with Gasteiger partial charge in [-0.1, -0.05) is 17.7 Å². The van der Waals surface area contributed by atoms with Crippen LogP contribution in [0.25, 0.3) is 0 Å². The summed E-state index contributed by atoms with van der Waals surface area (Å²) < 4.78 is 5.11. The molecule has 2 aromatic rings. The van der Waals surface area contributed by atoms with E-state index in [-0.39, 0.29) is 5.97 Å². The van der Waals surface area contributed by atoms with Crippen molar-refractivity contribution in [3.05, 3.63) is 40.9 Å². The Morgan fingerprint density at radius 3 is 2.62 bits per heavy atom. The number of aryl methyl sites for hydroxylation is 1. The minimum absolute atomic E-state index is 0.253. The first-order chi connectivity index (χ1) is 9.93. The summed E-state index contributed by atoms with van der Waals surface area (Å²) in [7, 11) is 0. The average molecular weight is 304 g/mol. The molecule has 0 amide bonds. The van der Waals surface area contributed by atoms with Crippen LogP contribution in [0.2, 0.25) is 0 Å². The first-order valence-electron chi connectivity index (χ1n) is 6.90. The SMILES string of the molecule is CCOC(=O)C(C)(C)c1csc(Nc2ccc(C)cc2)n1. The third-order valence-corrected chi connectivity index (χ3v) is 3.99. The molecule has 0 saturated carbocycles. The molecule has 0 atom stereocenters. The maximum absolute atomic E-state index is 12.0. The van der Waals surface area contributed by atoms with Crippen molar-refractivity contribution in [2.45, 2.75) is 33.1 Å². The number of carbonyl (C=O) groups is 1. The number of nitrogens with zero attached hydrogens (tertiary/aromatic N) is 1. The fraction of sp³-hybridized carbons (Fsp3) is 0.375. The summed E-state index contributed by atoms with van der Waals surface area (Å²) >= 11 is 1.48. The molecule has 2 rings (SSSR count). The van der Waals surface area contributed by atoms with E-state index in [2.05, 4.69) is 10.3 Å². The lowest BCUT2D eigenvalue weighted by atomic mass is 9.90. The summed E-state index contributed by atoms with van der Waals surface area (Å²) in [6, 6.07) is 8.10. The van der Waals surface area contributed by atoms with Crippen LogP contribution in [0.15, 0.2) is 29.6 Å². The van der Waals surface area contributed by atoms with Crippen molar-refractivity contribution in [3.63, 3.8) is 0 Å². The van der Waals surface area contributed by atoms with E-state index in [1.165, 1.54) is 16.9 Å². The molecular weight excluding hydrogens is 284 g/mol. The highest BCUT2D eigenvalue weighted by Crippen LogP contribution is 2.29. The number of rotatable bonds is 5. The maximum atomic E-state index is 12.0. The Hall–Kier alpha value is -1.88. The lowest BCUT2D eigenvalue weighted by molar-refractivity contribution is -0.148. The Kier molecular flexibility index (Phi) is 4.63. The highest BCUT2D eigenvalue weighted by atomic mass is 32.1. The summed E-state index contributed by atoms with van der Waals surface area (Å²) in [5.74, 6) is -0.253. The molecule has 0 fully saturated rings. The molecule has 1 aromatic heterocycles. The molecule has 1 N–H and O–H groups in total. The number of anilines is 2. The molecule has 0 bridgehead atoms. The first-order valence-corrected chi connectivity index (χ1v) is 7.78. The molecule has 5 heteroatoms. The van der Waals surface area contributed by atoms with E-state index in [1.807, 2.05) is 50.4 Å². The van der Waals surface area contributed by atoms with Gasteiger partial charge in [-0.3, -0.25) is 4.79 Å². The van der Waals surface area contributed by atoms with Gasteiger partial charge < -0.3 is 10.1 Å². The van der Waals surface area contributed by atoms with Gasteiger partial charge in [-0.2, -0.15) is 0 Å². The Morgan fingerprint density at radius 1 is 1.33 bits per heavy atom. The third kappa shape index (κ3) is 3.61. The molecule has 0 aliphatic heterocycles. The van der Waals surface area contributed by atoms with Crippen molar-refractivity contribution in [1.82, 2.24) is 4.98 Å². The van der Waals surface area contributed by atoms with Crippen molar-refractivity contribution < 1.29 is 9.53 Å². The van der Waals surface area contributed by atoms with Crippen LogP contribution in [0.4, 0.5) is 10.8 Å². The van der Waals surface area contributed by atoms with E-state index in [4.69, 9.17) is 4.74 Å². The van der Waals surface area contributed by atoms with Gasteiger partial charge in [0, 0.05) is 11.1 Å². The van der Waals surface area contributed by atoms with Crippen LogP contribution < -0.4 is 5.32 Å². The summed E-state index contributed by atoms with van der Waals surface area (Å²) in [6.45, 7) is 7.89. The quantitative estimate of drug-likeness (QED) is 0.847. The zero-order valence-electron chi connectivity index (χ0n) is 12.8. The van der Waals surface area contributed by atoms with Crippen LogP contribution in [-0.4, -0.2) is 17.6 Å². The maximum Gasteiger partial charge on any atom is 0.317 e. The van der Waals surface area contributed by atoms with Crippen molar-refractivity contribution in [1.29, 1.82) is 0 Å². The van der Waals surface area contributed by atoms with Crippen molar-refractivity contribution >= 4 is 28.1 Å². The topological polar surface area (TPSA) is 51.2 Å². The molecule has 112 valence electrons. The number of benzene rings is 1. The molecule has 4 nitrogen and oxygen atoms in total. The van der Waals surface area contributed by atoms with Crippen LogP contribution in [-0.2, 0) is 14.9 Å². The predicted molar refractivity (Wildman–Crippen MR) is 86.2 cm³/mol. The van der Waals surface area contributed by atoms with E-state index < -0.39 is 5.41 Å². The van der Waals surface area contributed by atoms with Crippen LogP contribution in [0.5, 0.6) is 0 Å². The molecule has 0 aliphatic carbocycles. The number of esters is 1. The van der Waals surface area contributed by atoms with Crippen LogP contribution in [0.1, 0.15) is 32.0 Å². The minimum atomic E-state index is -0.736. The normalized spacial score (nSPS) is 11.2. The molecule has 0 spiro atoms. The largest absolute Gasteiger partial charge is 0.465 e. The molecule has 0 radical (unpaired) electrons. The third-order valence-electron chi connectivity index (χ3n) is 3.23. The van der Waals surface area contributed by atoms with Gasteiger partial charge in [0.05, 0.1) is 12.3 Å². The summed E-state index contributed by atoms with van der Waals surface area (Å²) in [5.41, 5.74) is 2.18. The van der Waals surface area contributed by atoms with Crippen LogP contribution in [0.3, 0.4) is 0 Å². The number of thiazole rings is 1. The first kappa shape index (κ1) is 15.5. The Morgan fingerprint density at radius 2 is 2.00 bits per heavy atom. The van der Waals surface area contributed by atoms with E-state index in [1.54, 1.807) is 6.92 Å². The summed E-state index contributed by atoms with van der Waals surface area (Å²) in [5, 5.41) is 5.92. The number of aromatic nitrogens is 1. The van der Waals surface area contributed by atoms with Gasteiger partial charge in [0.15, 0.2) is 5.13 Å². The second-order valence-corrected chi connectivity index (χ2v) is 6.23. The van der Waals surface area contributed by atoms with E-state index in [0.29, 0.717) is 6.61 Å². The standard InChI is InChI=1S/C16H20N2O2S/c1-5-20-14(19)16(3,4)13-10-21-15(18-13)17-12-8-6-11(2)7-9-12/h6-10H,5H2,1-4H3,(H,17,18). The van der Waals surface area contributed by atoms with Gasteiger partial charge in [-0.05, 0) is 39.8 Å². The second-order valence-electron chi connectivity index (χ2n) is 5.37. The number of nitrogens with one attached hydrogen (secondary N) is 1. The molecule has 21 heavy (non-hydrogen) atoms. The Balaban J connectivity index is 2.14. The fourth-order valence-corrected chi connectivity index (χ4v) is 2.69. The van der Waals surface area contributed by atoms with Gasteiger partial charge in [0.25, 0.3) is 0 Å². The highest BCUT2D eigenvalue weighted by molar-refractivity contribution is 7.13. The molecule has 0 unspecified atom stereocenters. The zero-order chi connectivity index (χ0) is 15.5. The zero-order valence-corrected chi connectivity index (χ0v) is 13.6. The smallest absolute Gasteiger partial charge is 0.317 e. The van der Waals surface area contributed by atoms with E-state index in [9.17, 15) is 4.79 Å². The molecule has 0 saturated heterocycles. The summed E-state index contributed by atoms with van der Waals surface area (Å²) in [4.78, 5) is 16.5. The second kappa shape index (κ2) is 6.26. The van der Waals surface area contributed by atoms with Crippen molar-refractivity contribution in [2.24, 2.45) is 0 Å². The molecule has 1 aromatic carbocycles. The van der Waals surface area contributed by atoms with Crippen molar-refractivity contribution in [2.75, 3.05) is 11.9 Å². The Labute approximate surface area is 129 Å². The number of hydrogen-bond acceptors (Lipinski definition) is 5. The van der Waals surface area contributed by atoms with Crippen molar-refractivity contribution in [3.8, 4) is 0 Å². The lowest BCUT2D eigenvalue weighted by Gasteiger charge is -2.19. The number of ether oxygens (including phenoxy) is 1. The average Bonchev–Trinajstić information content (AvgIpc) is 2.91. The monoisotopic (exact) mass is 304 g/mol. The minimum Gasteiger partial charge on any atom is -0.465 e. The van der Waals surface area contributed by atoms with Crippen LogP contribution in [0, 0.1) is 6.92 Å². The summed E-state index contributed by atoms with van der Waals surface area (Å²) in [6.07, 6.45) is 0. The van der Waals surface area contributed by atoms with Gasteiger partial charge in [0.2, 0.25) is 0 Å². The highest BCUT2D eigenvalue weighted by Gasteiger charge is 2.33. The van der Waals surface area contributed by atoms with Gasteiger partial charge in [-0.15, -0.1) is 11.3 Å². The molecule has 0 aliphatic rings. The number of carbonyl (C=O) groups excluding carboxylic acids is 1. The van der Waals surface area contributed by atoms with Crippen LogP contribution >= 0.6 is 11.3 Å².